The number of hydrogen-bond donors (Lipinski definition) is 0. The number of nitrogens with zero attached hydrogens (tertiary/aromatic N) is 1. The highest BCUT2D eigenvalue weighted by molar-refractivity contribution is 5.79. The number of benzene rings is 1. The zero-order valence-electron chi connectivity index (χ0n) is 9.03. The summed E-state index contributed by atoms with van der Waals surface area (Å²) in [6.07, 6.45) is 1.65. The van der Waals surface area contributed by atoms with Gasteiger partial charge in [0.1, 0.15) is 5.82 Å². The lowest BCUT2D eigenvalue weighted by Gasteiger charge is -2.08. The summed E-state index contributed by atoms with van der Waals surface area (Å²) in [5.74, 6) is -0.253. The van der Waals surface area contributed by atoms with Crippen LogP contribution < -0.4 is 5.56 Å². The summed E-state index contributed by atoms with van der Waals surface area (Å²) in [4.78, 5) is 11.6. The number of allylic oxidation sites excluding steroid dienone is 1. The van der Waals surface area contributed by atoms with Crippen molar-refractivity contribution in [1.29, 1.82) is 0 Å². The number of hydrogen-bond acceptors (Lipinski definition) is 1. The van der Waals surface area contributed by atoms with Gasteiger partial charge in [-0.25, -0.2) is 4.39 Å². The predicted molar refractivity (Wildman–Crippen MR) is 63.1 cm³/mol. The largest absolute Gasteiger partial charge is 0.304 e. The first-order chi connectivity index (χ1) is 7.63. The van der Waals surface area contributed by atoms with Gasteiger partial charge in [0.25, 0.3) is 5.56 Å². The second-order valence-electron chi connectivity index (χ2n) is 3.73. The average Bonchev–Trinajstić information content (AvgIpc) is 2.25. The first-order valence-electron chi connectivity index (χ1n) is 5.04. The van der Waals surface area contributed by atoms with Crippen LogP contribution in [-0.4, -0.2) is 4.57 Å². The molecule has 0 atom stereocenters. The molecule has 0 bridgehead atoms. The Morgan fingerprint density at radius 2 is 2.19 bits per heavy atom. The van der Waals surface area contributed by atoms with Gasteiger partial charge in [0.2, 0.25) is 0 Å². The molecule has 2 nitrogen and oxygen atoms in total. The molecule has 0 saturated carbocycles. The molecule has 0 aliphatic carbocycles. The molecule has 82 valence electrons. The van der Waals surface area contributed by atoms with E-state index in [0.29, 0.717) is 12.1 Å². The molecule has 0 unspecified atom stereocenters. The Hall–Kier alpha value is -1.90. The van der Waals surface area contributed by atoms with E-state index in [2.05, 4.69) is 6.58 Å². The molecule has 1 aromatic carbocycles. The Balaban J connectivity index is 2.86. The number of rotatable bonds is 2. The molecule has 0 N–H and O–H groups in total. The molecule has 0 saturated heterocycles. The summed E-state index contributed by atoms with van der Waals surface area (Å²) in [7, 11) is 0. The van der Waals surface area contributed by atoms with Gasteiger partial charge in [-0.1, -0.05) is 6.08 Å². The number of halogens is 1. The van der Waals surface area contributed by atoms with Crippen LogP contribution in [0.2, 0.25) is 0 Å². The Labute approximate surface area is 92.6 Å². The Bertz CT molecular complexity index is 613. The summed E-state index contributed by atoms with van der Waals surface area (Å²) in [6, 6.07) is 6.22. The van der Waals surface area contributed by atoms with Gasteiger partial charge in [-0.3, -0.25) is 4.79 Å². The zero-order chi connectivity index (χ0) is 11.7. The van der Waals surface area contributed by atoms with Gasteiger partial charge in [-0.15, -0.1) is 6.58 Å². The summed E-state index contributed by atoms with van der Waals surface area (Å²) in [6.45, 7) is 5.73. The van der Waals surface area contributed by atoms with E-state index in [1.165, 1.54) is 12.1 Å². The molecule has 0 amide bonds. The van der Waals surface area contributed by atoms with Crippen molar-refractivity contribution in [2.75, 3.05) is 0 Å². The van der Waals surface area contributed by atoms with E-state index < -0.39 is 0 Å². The summed E-state index contributed by atoms with van der Waals surface area (Å²) in [5.41, 5.74) is 1.18. The average molecular weight is 217 g/mol. The highest BCUT2D eigenvalue weighted by Crippen LogP contribution is 2.17. The fourth-order valence-corrected chi connectivity index (χ4v) is 1.74. The SMILES string of the molecule is C=CCn1c(=O)ccc2cc(F)c(C)cc21. The molecule has 1 aromatic heterocycles. The predicted octanol–water partition coefficient (Wildman–Crippen LogP) is 2.64. The molecular formula is C13H12FNO. The Kier molecular flexibility index (Phi) is 2.60. The van der Waals surface area contributed by atoms with Crippen LogP contribution in [0.1, 0.15) is 5.56 Å². The third kappa shape index (κ3) is 1.65. The maximum Gasteiger partial charge on any atom is 0.251 e. The molecule has 3 heteroatoms. The number of aromatic nitrogens is 1. The van der Waals surface area contributed by atoms with Gasteiger partial charge in [-0.05, 0) is 30.7 Å². The fraction of sp³-hybridized carbons (Fsp3) is 0.154. The van der Waals surface area contributed by atoms with Crippen molar-refractivity contribution >= 4 is 10.9 Å². The van der Waals surface area contributed by atoms with Crippen molar-refractivity contribution in [3.63, 3.8) is 0 Å². The van der Waals surface area contributed by atoms with Gasteiger partial charge >= 0.3 is 0 Å². The molecule has 0 spiro atoms. The highest BCUT2D eigenvalue weighted by Gasteiger charge is 2.05. The standard InChI is InChI=1S/C13H12FNO/c1-3-6-15-12-7-9(2)11(14)8-10(12)4-5-13(15)16/h3-5,7-8H,1,6H2,2H3. The summed E-state index contributed by atoms with van der Waals surface area (Å²) in [5, 5.41) is 0.726. The van der Waals surface area contributed by atoms with Crippen molar-refractivity contribution in [2.24, 2.45) is 0 Å². The minimum absolute atomic E-state index is 0.0987. The maximum atomic E-state index is 13.4. The van der Waals surface area contributed by atoms with Crippen molar-refractivity contribution < 1.29 is 4.39 Å². The molecule has 2 aromatic rings. The van der Waals surface area contributed by atoms with Crippen LogP contribution >= 0.6 is 0 Å². The molecule has 2 rings (SSSR count). The lowest BCUT2D eigenvalue weighted by molar-refractivity contribution is 0.620. The molecule has 0 radical (unpaired) electrons. The smallest absolute Gasteiger partial charge is 0.251 e. The minimum atomic E-state index is -0.253. The first kappa shape index (κ1) is 10.6. The van der Waals surface area contributed by atoms with Crippen molar-refractivity contribution in [1.82, 2.24) is 4.57 Å². The van der Waals surface area contributed by atoms with E-state index >= 15 is 0 Å². The zero-order valence-corrected chi connectivity index (χ0v) is 9.03. The lowest BCUT2D eigenvalue weighted by Crippen LogP contribution is -2.18. The third-order valence-electron chi connectivity index (χ3n) is 2.58. The van der Waals surface area contributed by atoms with E-state index in [0.717, 1.165) is 10.9 Å². The number of fused-ring (bicyclic) bond motifs is 1. The quantitative estimate of drug-likeness (QED) is 0.709. The first-order valence-corrected chi connectivity index (χ1v) is 5.04. The van der Waals surface area contributed by atoms with Gasteiger partial charge in [0.05, 0.1) is 5.52 Å². The molecule has 0 aliphatic rings. The van der Waals surface area contributed by atoms with E-state index in [4.69, 9.17) is 0 Å². The van der Waals surface area contributed by atoms with Crippen LogP contribution in [0, 0.1) is 12.7 Å². The van der Waals surface area contributed by atoms with E-state index in [9.17, 15) is 9.18 Å². The van der Waals surface area contributed by atoms with Crippen molar-refractivity contribution in [3.05, 3.63) is 58.7 Å². The van der Waals surface area contributed by atoms with E-state index in [1.807, 2.05) is 0 Å². The van der Waals surface area contributed by atoms with Crippen LogP contribution in [0.4, 0.5) is 4.39 Å². The minimum Gasteiger partial charge on any atom is -0.304 e. The van der Waals surface area contributed by atoms with Crippen molar-refractivity contribution in [2.45, 2.75) is 13.5 Å². The highest BCUT2D eigenvalue weighted by atomic mass is 19.1. The molecule has 0 aliphatic heterocycles. The van der Waals surface area contributed by atoms with Crippen LogP contribution in [0.5, 0.6) is 0 Å². The van der Waals surface area contributed by atoms with Crippen LogP contribution in [0.25, 0.3) is 10.9 Å². The molecule has 1 heterocycles. The van der Waals surface area contributed by atoms with Gasteiger partial charge < -0.3 is 4.57 Å². The third-order valence-corrected chi connectivity index (χ3v) is 2.58. The summed E-state index contributed by atoms with van der Waals surface area (Å²) < 4.78 is 14.9. The van der Waals surface area contributed by atoms with E-state index in [-0.39, 0.29) is 11.4 Å². The van der Waals surface area contributed by atoms with Crippen LogP contribution in [0.3, 0.4) is 0 Å². The normalized spacial score (nSPS) is 10.6. The van der Waals surface area contributed by atoms with Crippen molar-refractivity contribution in [3.8, 4) is 0 Å². The molecular weight excluding hydrogens is 205 g/mol. The van der Waals surface area contributed by atoms with Gasteiger partial charge in [0.15, 0.2) is 0 Å². The van der Waals surface area contributed by atoms with E-state index in [1.54, 1.807) is 29.7 Å². The maximum absolute atomic E-state index is 13.4. The number of pyridine rings is 1. The van der Waals surface area contributed by atoms with Gasteiger partial charge in [-0.2, -0.15) is 0 Å². The molecule has 0 fully saturated rings. The topological polar surface area (TPSA) is 22.0 Å². The lowest BCUT2D eigenvalue weighted by atomic mass is 10.1. The Morgan fingerprint density at radius 3 is 2.88 bits per heavy atom. The second-order valence-corrected chi connectivity index (χ2v) is 3.73. The Morgan fingerprint density at radius 1 is 1.44 bits per heavy atom. The number of aryl methyl sites for hydroxylation is 1. The molecule has 16 heavy (non-hydrogen) atoms. The monoisotopic (exact) mass is 217 g/mol. The fourth-order valence-electron chi connectivity index (χ4n) is 1.74. The van der Waals surface area contributed by atoms with Gasteiger partial charge in [0, 0.05) is 18.0 Å². The second kappa shape index (κ2) is 3.93. The van der Waals surface area contributed by atoms with Crippen LogP contribution in [-0.2, 0) is 6.54 Å². The summed E-state index contributed by atoms with van der Waals surface area (Å²) >= 11 is 0. The van der Waals surface area contributed by atoms with Crippen LogP contribution in [0.15, 0.2) is 41.7 Å².